The van der Waals surface area contributed by atoms with Crippen molar-refractivity contribution in [3.63, 3.8) is 0 Å². The molecule has 2 rings (SSSR count). The molecule has 0 saturated carbocycles. The molecule has 0 heterocycles. The molecule has 0 fully saturated rings. The minimum atomic E-state index is 0.435. The fourth-order valence-corrected chi connectivity index (χ4v) is 2.48. The number of hydrogen-bond donors (Lipinski definition) is 1. The Hall–Kier alpha value is -1.42. The summed E-state index contributed by atoms with van der Waals surface area (Å²) in [5.41, 5.74) is 8.96. The highest BCUT2D eigenvalue weighted by Gasteiger charge is 2.04. The van der Waals surface area contributed by atoms with E-state index in [1.807, 2.05) is 36.4 Å². The number of nitrogens with zero attached hydrogens (tertiary/aromatic N) is 1. The molecular formula is C16H17ClN2S. The molecule has 2 aromatic carbocycles. The van der Waals surface area contributed by atoms with Crippen molar-refractivity contribution in [2.45, 2.75) is 13.1 Å². The number of rotatable bonds is 5. The molecular weight excluding hydrogens is 288 g/mol. The molecule has 0 spiro atoms. The van der Waals surface area contributed by atoms with E-state index < -0.39 is 0 Å². The van der Waals surface area contributed by atoms with Crippen molar-refractivity contribution in [2.24, 2.45) is 5.73 Å². The van der Waals surface area contributed by atoms with Gasteiger partial charge in [0, 0.05) is 23.7 Å². The Morgan fingerprint density at radius 1 is 1.10 bits per heavy atom. The molecule has 0 radical (unpaired) electrons. The fraction of sp³-hybridized carbons (Fsp3) is 0.188. The molecule has 0 amide bonds. The highest BCUT2D eigenvalue weighted by atomic mass is 35.5. The van der Waals surface area contributed by atoms with Crippen molar-refractivity contribution >= 4 is 28.8 Å². The van der Waals surface area contributed by atoms with Crippen molar-refractivity contribution in [3.8, 4) is 0 Å². The highest BCUT2D eigenvalue weighted by Crippen LogP contribution is 2.14. The van der Waals surface area contributed by atoms with E-state index >= 15 is 0 Å². The van der Waals surface area contributed by atoms with Gasteiger partial charge in [0.15, 0.2) is 0 Å². The fourth-order valence-electron chi connectivity index (χ4n) is 2.14. The molecule has 0 aliphatic rings. The van der Waals surface area contributed by atoms with Gasteiger partial charge < -0.3 is 5.73 Å². The maximum Gasteiger partial charge on any atom is 0.103 e. The first kappa shape index (κ1) is 15.0. The van der Waals surface area contributed by atoms with Crippen molar-refractivity contribution in [1.82, 2.24) is 4.90 Å². The van der Waals surface area contributed by atoms with Crippen LogP contribution in [0.1, 0.15) is 16.7 Å². The van der Waals surface area contributed by atoms with E-state index in [0.29, 0.717) is 4.99 Å². The van der Waals surface area contributed by atoms with Crippen LogP contribution in [0, 0.1) is 0 Å². The first-order valence-electron chi connectivity index (χ1n) is 6.36. The van der Waals surface area contributed by atoms with Gasteiger partial charge in [0.1, 0.15) is 4.99 Å². The van der Waals surface area contributed by atoms with Gasteiger partial charge in [0.2, 0.25) is 0 Å². The predicted octanol–water partition coefficient (Wildman–Crippen LogP) is 3.61. The SMILES string of the molecule is CN(Cc1cccc(Cl)c1)Cc1cccc(C(N)=S)c1. The van der Waals surface area contributed by atoms with Crippen LogP contribution >= 0.6 is 23.8 Å². The van der Waals surface area contributed by atoms with Crippen LogP contribution in [0.5, 0.6) is 0 Å². The maximum atomic E-state index is 6.00. The van der Waals surface area contributed by atoms with Gasteiger partial charge in [-0.3, -0.25) is 4.90 Å². The van der Waals surface area contributed by atoms with Crippen molar-refractivity contribution in [2.75, 3.05) is 7.05 Å². The third-order valence-electron chi connectivity index (χ3n) is 3.01. The Kier molecular flexibility index (Phi) is 5.12. The third-order valence-corrected chi connectivity index (χ3v) is 3.48. The highest BCUT2D eigenvalue weighted by molar-refractivity contribution is 7.80. The molecule has 0 aromatic heterocycles. The van der Waals surface area contributed by atoms with Crippen LogP contribution in [0.25, 0.3) is 0 Å². The first-order valence-corrected chi connectivity index (χ1v) is 7.15. The van der Waals surface area contributed by atoms with Gasteiger partial charge in [-0.05, 0) is 36.4 Å². The zero-order valence-corrected chi connectivity index (χ0v) is 12.9. The summed E-state index contributed by atoms with van der Waals surface area (Å²) in [5.74, 6) is 0. The first-order chi connectivity index (χ1) is 9.54. The van der Waals surface area contributed by atoms with E-state index in [0.717, 1.165) is 23.7 Å². The minimum Gasteiger partial charge on any atom is -0.389 e. The van der Waals surface area contributed by atoms with Crippen LogP contribution in [-0.2, 0) is 13.1 Å². The van der Waals surface area contributed by atoms with Crippen molar-refractivity contribution in [3.05, 3.63) is 70.2 Å². The smallest absolute Gasteiger partial charge is 0.103 e. The van der Waals surface area contributed by atoms with E-state index in [1.54, 1.807) is 0 Å². The molecule has 104 valence electrons. The van der Waals surface area contributed by atoms with Crippen LogP contribution in [0.2, 0.25) is 5.02 Å². The number of hydrogen-bond acceptors (Lipinski definition) is 2. The summed E-state index contributed by atoms with van der Waals surface area (Å²) in [6.07, 6.45) is 0. The minimum absolute atomic E-state index is 0.435. The molecule has 0 aliphatic carbocycles. The summed E-state index contributed by atoms with van der Waals surface area (Å²) in [6.45, 7) is 1.68. The van der Waals surface area contributed by atoms with Crippen molar-refractivity contribution in [1.29, 1.82) is 0 Å². The molecule has 0 unspecified atom stereocenters. The maximum absolute atomic E-state index is 6.00. The number of halogens is 1. The molecule has 20 heavy (non-hydrogen) atoms. The number of benzene rings is 2. The second-order valence-corrected chi connectivity index (χ2v) is 5.74. The molecule has 2 N–H and O–H groups in total. The summed E-state index contributed by atoms with van der Waals surface area (Å²) in [4.78, 5) is 2.66. The van der Waals surface area contributed by atoms with Crippen molar-refractivity contribution < 1.29 is 0 Å². The van der Waals surface area contributed by atoms with E-state index in [9.17, 15) is 0 Å². The van der Waals surface area contributed by atoms with E-state index in [-0.39, 0.29) is 0 Å². The lowest BCUT2D eigenvalue weighted by Crippen LogP contribution is -2.18. The zero-order valence-electron chi connectivity index (χ0n) is 11.3. The number of thiocarbonyl (C=S) groups is 1. The Bertz CT molecular complexity index is 613. The monoisotopic (exact) mass is 304 g/mol. The Morgan fingerprint density at radius 2 is 1.70 bits per heavy atom. The van der Waals surface area contributed by atoms with E-state index in [2.05, 4.69) is 24.1 Å². The summed E-state index contributed by atoms with van der Waals surface area (Å²) >= 11 is 11.0. The van der Waals surface area contributed by atoms with Crippen LogP contribution in [0.4, 0.5) is 0 Å². The zero-order chi connectivity index (χ0) is 14.5. The Labute approximate surface area is 130 Å². The predicted molar refractivity (Wildman–Crippen MR) is 89.0 cm³/mol. The van der Waals surface area contributed by atoms with Gasteiger partial charge in [0.25, 0.3) is 0 Å². The quantitative estimate of drug-likeness (QED) is 0.856. The van der Waals surface area contributed by atoms with E-state index in [1.165, 1.54) is 11.1 Å². The second kappa shape index (κ2) is 6.84. The molecule has 0 atom stereocenters. The molecule has 0 saturated heterocycles. The lowest BCUT2D eigenvalue weighted by molar-refractivity contribution is 0.319. The van der Waals surface area contributed by atoms with Gasteiger partial charge >= 0.3 is 0 Å². The summed E-state index contributed by atoms with van der Waals surface area (Å²) in [7, 11) is 2.08. The average Bonchev–Trinajstić information content (AvgIpc) is 2.38. The third kappa shape index (κ3) is 4.30. The average molecular weight is 305 g/mol. The number of nitrogens with two attached hydrogens (primary N) is 1. The topological polar surface area (TPSA) is 29.3 Å². The normalized spacial score (nSPS) is 10.8. The lowest BCUT2D eigenvalue weighted by atomic mass is 10.1. The van der Waals surface area contributed by atoms with Gasteiger partial charge in [-0.25, -0.2) is 0 Å². The van der Waals surface area contributed by atoms with Gasteiger partial charge in [-0.2, -0.15) is 0 Å². The van der Waals surface area contributed by atoms with Crippen LogP contribution in [0.3, 0.4) is 0 Å². The van der Waals surface area contributed by atoms with Gasteiger partial charge in [0.05, 0.1) is 0 Å². The molecule has 2 nitrogen and oxygen atoms in total. The van der Waals surface area contributed by atoms with Crippen LogP contribution < -0.4 is 5.73 Å². The van der Waals surface area contributed by atoms with E-state index in [4.69, 9.17) is 29.6 Å². The summed E-state index contributed by atoms with van der Waals surface area (Å²) in [5, 5.41) is 0.770. The largest absolute Gasteiger partial charge is 0.389 e. The van der Waals surface area contributed by atoms with Crippen LogP contribution in [0.15, 0.2) is 48.5 Å². The standard InChI is InChI=1S/C16H17ClN2S/c1-19(11-13-5-3-7-15(17)9-13)10-12-4-2-6-14(8-12)16(18)20/h2-9H,10-11H2,1H3,(H2,18,20). The van der Waals surface area contributed by atoms with Gasteiger partial charge in [-0.1, -0.05) is 54.2 Å². The second-order valence-electron chi connectivity index (χ2n) is 4.87. The Morgan fingerprint density at radius 3 is 2.30 bits per heavy atom. The molecule has 0 aliphatic heterocycles. The lowest BCUT2D eigenvalue weighted by Gasteiger charge is -2.17. The molecule has 2 aromatic rings. The van der Waals surface area contributed by atoms with Crippen LogP contribution in [-0.4, -0.2) is 16.9 Å². The summed E-state index contributed by atoms with van der Waals surface area (Å²) < 4.78 is 0. The Balaban J connectivity index is 2.02. The molecule has 4 heteroatoms. The molecule has 0 bridgehead atoms. The van der Waals surface area contributed by atoms with Gasteiger partial charge in [-0.15, -0.1) is 0 Å². The summed E-state index contributed by atoms with van der Waals surface area (Å²) in [6, 6.07) is 16.0.